The zero-order valence-electron chi connectivity index (χ0n) is 10.4. The van der Waals surface area contributed by atoms with Crippen LogP contribution in [0.1, 0.15) is 71.6 Å². The van der Waals surface area contributed by atoms with Crippen molar-refractivity contribution < 1.29 is 4.79 Å². The van der Waals surface area contributed by atoms with Crippen LogP contribution >= 0.6 is 0 Å². The molecule has 1 heteroatoms. The Labute approximate surface area is 94.6 Å². The van der Waals surface area contributed by atoms with Gasteiger partial charge in [-0.2, -0.15) is 0 Å². The van der Waals surface area contributed by atoms with E-state index in [0.29, 0.717) is 5.78 Å². The minimum atomic E-state index is 0.442. The highest BCUT2D eigenvalue weighted by Gasteiger charge is 2.19. The highest BCUT2D eigenvalue weighted by Crippen LogP contribution is 2.33. The summed E-state index contributed by atoms with van der Waals surface area (Å²) in [7, 11) is 0. The van der Waals surface area contributed by atoms with Crippen molar-refractivity contribution in [2.45, 2.75) is 71.6 Å². The molecule has 0 aromatic rings. The van der Waals surface area contributed by atoms with E-state index in [1.807, 2.05) is 6.92 Å². The normalized spacial score (nSPS) is 26.5. The average Bonchev–Trinajstić information content (AvgIpc) is 2.29. The zero-order chi connectivity index (χ0) is 11.1. The van der Waals surface area contributed by atoms with Crippen molar-refractivity contribution in [2.75, 3.05) is 0 Å². The summed E-state index contributed by atoms with van der Waals surface area (Å²) in [6, 6.07) is 0. The van der Waals surface area contributed by atoms with Crippen LogP contribution in [0, 0.1) is 11.8 Å². The molecule has 0 N–H and O–H groups in total. The second-order valence-corrected chi connectivity index (χ2v) is 5.08. The van der Waals surface area contributed by atoms with Gasteiger partial charge in [0.05, 0.1) is 0 Å². The number of carbonyl (C=O) groups excluding carboxylic acids is 1. The Morgan fingerprint density at radius 2 is 1.67 bits per heavy atom. The monoisotopic (exact) mass is 210 g/mol. The molecule has 88 valence electrons. The maximum Gasteiger partial charge on any atom is 0.132 e. The molecule has 0 bridgehead atoms. The van der Waals surface area contributed by atoms with Gasteiger partial charge in [0.1, 0.15) is 5.78 Å². The molecule has 0 aromatic carbocycles. The first-order chi connectivity index (χ1) is 7.26. The molecule has 0 saturated heterocycles. The smallest absolute Gasteiger partial charge is 0.132 e. The molecule has 0 radical (unpaired) electrons. The van der Waals surface area contributed by atoms with Crippen molar-refractivity contribution >= 4 is 5.78 Å². The molecule has 1 rings (SSSR count). The molecule has 0 atom stereocenters. The molecule has 0 heterocycles. The highest BCUT2D eigenvalue weighted by atomic mass is 16.1. The largest absolute Gasteiger partial charge is 0.300 e. The first-order valence-corrected chi connectivity index (χ1v) is 6.77. The fourth-order valence-corrected chi connectivity index (χ4v) is 2.69. The van der Waals surface area contributed by atoms with E-state index >= 15 is 0 Å². The third-order valence-corrected chi connectivity index (χ3v) is 4.01. The summed E-state index contributed by atoms with van der Waals surface area (Å²) in [5.74, 6) is 2.37. The quantitative estimate of drug-likeness (QED) is 0.637. The summed E-state index contributed by atoms with van der Waals surface area (Å²) in [6.45, 7) is 4.28. The van der Waals surface area contributed by atoms with Crippen LogP contribution in [0.5, 0.6) is 0 Å². The van der Waals surface area contributed by atoms with Gasteiger partial charge in [0.25, 0.3) is 0 Å². The molecular formula is C14H26O. The summed E-state index contributed by atoms with van der Waals surface area (Å²) in [5.41, 5.74) is 0. The number of Topliss-reactive ketones (excluding diaryl/α,β-unsaturated/α-hetero) is 1. The Bertz CT molecular complexity index is 178. The minimum absolute atomic E-state index is 0.442. The van der Waals surface area contributed by atoms with Crippen LogP contribution < -0.4 is 0 Å². The molecule has 1 aliphatic rings. The summed E-state index contributed by atoms with van der Waals surface area (Å²) in [5, 5.41) is 0. The third-order valence-electron chi connectivity index (χ3n) is 4.01. The molecule has 1 fully saturated rings. The van der Waals surface area contributed by atoms with Gasteiger partial charge in [-0.1, -0.05) is 52.4 Å². The topological polar surface area (TPSA) is 17.1 Å². The Morgan fingerprint density at radius 1 is 1.07 bits per heavy atom. The second kappa shape index (κ2) is 7.03. The summed E-state index contributed by atoms with van der Waals surface area (Å²) >= 11 is 0. The van der Waals surface area contributed by atoms with Gasteiger partial charge in [-0.3, -0.25) is 4.79 Å². The number of hydrogen-bond acceptors (Lipinski definition) is 1. The lowest BCUT2D eigenvalue weighted by molar-refractivity contribution is -0.118. The van der Waals surface area contributed by atoms with E-state index in [0.717, 1.165) is 31.1 Å². The van der Waals surface area contributed by atoms with E-state index in [9.17, 15) is 4.79 Å². The summed E-state index contributed by atoms with van der Waals surface area (Å²) in [4.78, 5) is 11.2. The predicted octanol–water partition coefficient (Wildman–Crippen LogP) is 4.35. The predicted molar refractivity (Wildman–Crippen MR) is 64.9 cm³/mol. The molecule has 1 nitrogen and oxygen atoms in total. The summed E-state index contributed by atoms with van der Waals surface area (Å²) < 4.78 is 0. The number of hydrogen-bond donors (Lipinski definition) is 0. The van der Waals surface area contributed by atoms with E-state index in [-0.39, 0.29) is 0 Å². The molecule has 0 aromatic heterocycles. The Balaban J connectivity index is 2.06. The fourth-order valence-electron chi connectivity index (χ4n) is 2.69. The molecule has 0 unspecified atom stereocenters. The van der Waals surface area contributed by atoms with Crippen molar-refractivity contribution in [1.82, 2.24) is 0 Å². The molecule has 1 aliphatic carbocycles. The van der Waals surface area contributed by atoms with E-state index in [1.165, 1.54) is 38.5 Å². The van der Waals surface area contributed by atoms with Crippen LogP contribution in [0.25, 0.3) is 0 Å². The molecular weight excluding hydrogens is 184 g/mol. The lowest BCUT2D eigenvalue weighted by Gasteiger charge is -2.27. The van der Waals surface area contributed by atoms with Gasteiger partial charge >= 0.3 is 0 Å². The van der Waals surface area contributed by atoms with Crippen LogP contribution in [-0.4, -0.2) is 5.78 Å². The van der Waals surface area contributed by atoms with Crippen LogP contribution in [0.3, 0.4) is 0 Å². The Kier molecular flexibility index (Phi) is 5.97. The number of rotatable bonds is 6. The lowest BCUT2D eigenvalue weighted by Crippen LogP contribution is -2.14. The third kappa shape index (κ3) is 4.81. The average molecular weight is 210 g/mol. The molecule has 0 aliphatic heterocycles. The fraction of sp³-hybridized carbons (Fsp3) is 0.929. The van der Waals surface area contributed by atoms with Crippen molar-refractivity contribution in [3.05, 3.63) is 0 Å². The van der Waals surface area contributed by atoms with Crippen molar-refractivity contribution in [1.29, 1.82) is 0 Å². The Hall–Kier alpha value is -0.330. The van der Waals surface area contributed by atoms with Gasteiger partial charge in [-0.05, 0) is 18.3 Å². The standard InChI is InChI=1S/C14H26O/c1-3-12-8-10-13(11-9-12)6-5-7-14(15)4-2/h12-13H,3-11H2,1-2H3. The first-order valence-electron chi connectivity index (χ1n) is 6.77. The number of ketones is 1. The molecule has 15 heavy (non-hydrogen) atoms. The van der Waals surface area contributed by atoms with Gasteiger partial charge in [-0.25, -0.2) is 0 Å². The summed E-state index contributed by atoms with van der Waals surface area (Å²) in [6.07, 6.45) is 11.0. The SMILES string of the molecule is CCC(=O)CCCC1CCC(CC)CC1. The lowest BCUT2D eigenvalue weighted by atomic mass is 9.79. The number of carbonyl (C=O) groups is 1. The van der Waals surface area contributed by atoms with Crippen LogP contribution in [0.4, 0.5) is 0 Å². The van der Waals surface area contributed by atoms with Gasteiger partial charge in [0.15, 0.2) is 0 Å². The van der Waals surface area contributed by atoms with Gasteiger partial charge in [-0.15, -0.1) is 0 Å². The van der Waals surface area contributed by atoms with Crippen molar-refractivity contribution in [3.8, 4) is 0 Å². The van der Waals surface area contributed by atoms with Crippen LogP contribution in [-0.2, 0) is 4.79 Å². The molecule has 1 saturated carbocycles. The van der Waals surface area contributed by atoms with E-state index in [1.54, 1.807) is 0 Å². The first kappa shape index (κ1) is 12.7. The van der Waals surface area contributed by atoms with Crippen LogP contribution in [0.2, 0.25) is 0 Å². The van der Waals surface area contributed by atoms with Gasteiger partial charge in [0.2, 0.25) is 0 Å². The van der Waals surface area contributed by atoms with E-state index < -0.39 is 0 Å². The van der Waals surface area contributed by atoms with E-state index in [4.69, 9.17) is 0 Å². The Morgan fingerprint density at radius 3 is 2.20 bits per heavy atom. The van der Waals surface area contributed by atoms with Gasteiger partial charge in [0, 0.05) is 12.8 Å². The maximum absolute atomic E-state index is 11.2. The van der Waals surface area contributed by atoms with Crippen molar-refractivity contribution in [3.63, 3.8) is 0 Å². The van der Waals surface area contributed by atoms with E-state index in [2.05, 4.69) is 6.92 Å². The minimum Gasteiger partial charge on any atom is -0.300 e. The maximum atomic E-state index is 11.2. The van der Waals surface area contributed by atoms with Crippen LogP contribution in [0.15, 0.2) is 0 Å². The molecule has 0 spiro atoms. The highest BCUT2D eigenvalue weighted by molar-refractivity contribution is 5.77. The van der Waals surface area contributed by atoms with Crippen molar-refractivity contribution in [2.24, 2.45) is 11.8 Å². The molecule has 0 amide bonds. The van der Waals surface area contributed by atoms with Gasteiger partial charge < -0.3 is 0 Å². The zero-order valence-corrected chi connectivity index (χ0v) is 10.4. The second-order valence-electron chi connectivity index (χ2n) is 5.08.